The highest BCUT2D eigenvalue weighted by atomic mass is 79.9. The molecular formula is C13H17BrN2O2. The Hall–Kier alpha value is -1.10. The Morgan fingerprint density at radius 2 is 2.22 bits per heavy atom. The van der Waals surface area contributed by atoms with E-state index in [1.54, 1.807) is 0 Å². The fourth-order valence-electron chi connectivity index (χ4n) is 2.50. The first-order valence-corrected chi connectivity index (χ1v) is 7.35. The molecule has 98 valence electrons. The molecule has 1 aromatic heterocycles. The Bertz CT molecular complexity index is 472. The number of aromatic amines is 1. The first kappa shape index (κ1) is 13.3. The molecule has 2 N–H and O–H groups in total. The van der Waals surface area contributed by atoms with Gasteiger partial charge in [0, 0.05) is 30.3 Å². The maximum Gasteiger partial charge on any atom is 0.256 e. The third-order valence-corrected chi connectivity index (χ3v) is 4.44. The molecule has 1 aromatic rings. The Labute approximate surface area is 114 Å². The number of nitrogens with one attached hydrogen (secondary N) is 2. The summed E-state index contributed by atoms with van der Waals surface area (Å²) in [6, 6.07) is 1.37. The van der Waals surface area contributed by atoms with Gasteiger partial charge in [-0.25, -0.2) is 0 Å². The molecule has 0 spiro atoms. The fourth-order valence-corrected chi connectivity index (χ4v) is 3.35. The van der Waals surface area contributed by atoms with Crippen LogP contribution in [0.2, 0.25) is 0 Å². The minimum absolute atomic E-state index is 0.186. The van der Waals surface area contributed by atoms with Gasteiger partial charge >= 0.3 is 0 Å². The van der Waals surface area contributed by atoms with Crippen molar-refractivity contribution in [3.8, 4) is 0 Å². The summed E-state index contributed by atoms with van der Waals surface area (Å²) in [4.78, 5) is 26.1. The van der Waals surface area contributed by atoms with Crippen LogP contribution >= 0.6 is 15.9 Å². The second-order valence-electron chi connectivity index (χ2n) is 4.74. The molecule has 5 heteroatoms. The van der Waals surface area contributed by atoms with Gasteiger partial charge in [0.2, 0.25) is 0 Å². The van der Waals surface area contributed by atoms with Gasteiger partial charge in [0.1, 0.15) is 5.56 Å². The maximum atomic E-state index is 11.9. The molecular weight excluding hydrogens is 296 g/mol. The lowest BCUT2D eigenvalue weighted by Crippen LogP contribution is -2.33. The highest BCUT2D eigenvalue weighted by molar-refractivity contribution is 9.09. The standard InChI is InChI=1S/C13H17BrN2O2/c14-6-9-2-1-3-10(9)7-16-13(18)11-8-15-5-4-12(11)17/h4-5,8-10H,1-3,6-7H2,(H,15,17)(H,16,18). The highest BCUT2D eigenvalue weighted by Crippen LogP contribution is 2.32. The van der Waals surface area contributed by atoms with E-state index >= 15 is 0 Å². The Morgan fingerprint density at radius 1 is 1.44 bits per heavy atom. The van der Waals surface area contributed by atoms with E-state index in [0.29, 0.717) is 18.4 Å². The van der Waals surface area contributed by atoms with E-state index in [0.717, 1.165) is 11.8 Å². The minimum atomic E-state index is -0.280. The Balaban J connectivity index is 1.93. The number of pyridine rings is 1. The van der Waals surface area contributed by atoms with Crippen molar-refractivity contribution in [1.82, 2.24) is 10.3 Å². The lowest BCUT2D eigenvalue weighted by molar-refractivity contribution is 0.0943. The van der Waals surface area contributed by atoms with Gasteiger partial charge < -0.3 is 10.3 Å². The van der Waals surface area contributed by atoms with E-state index < -0.39 is 0 Å². The molecule has 1 amide bonds. The van der Waals surface area contributed by atoms with Crippen molar-refractivity contribution in [3.63, 3.8) is 0 Å². The van der Waals surface area contributed by atoms with Crippen molar-refractivity contribution in [3.05, 3.63) is 34.2 Å². The van der Waals surface area contributed by atoms with Gasteiger partial charge in [-0.2, -0.15) is 0 Å². The molecule has 1 aliphatic carbocycles. The third-order valence-electron chi connectivity index (χ3n) is 3.61. The molecule has 2 unspecified atom stereocenters. The number of aromatic nitrogens is 1. The van der Waals surface area contributed by atoms with Gasteiger partial charge in [0.25, 0.3) is 5.91 Å². The molecule has 0 aliphatic heterocycles. The summed E-state index contributed by atoms with van der Waals surface area (Å²) in [5.41, 5.74) is -0.0550. The number of hydrogen-bond acceptors (Lipinski definition) is 2. The molecule has 18 heavy (non-hydrogen) atoms. The van der Waals surface area contributed by atoms with Crippen molar-refractivity contribution in [1.29, 1.82) is 0 Å². The number of carbonyl (C=O) groups excluding carboxylic acids is 1. The summed E-state index contributed by atoms with van der Waals surface area (Å²) in [7, 11) is 0. The number of halogens is 1. The maximum absolute atomic E-state index is 11.9. The number of carbonyl (C=O) groups is 1. The second kappa shape index (κ2) is 6.18. The molecule has 2 rings (SSSR count). The van der Waals surface area contributed by atoms with Crippen LogP contribution in [0.1, 0.15) is 29.6 Å². The topological polar surface area (TPSA) is 62.0 Å². The number of alkyl halides is 1. The van der Waals surface area contributed by atoms with E-state index in [1.807, 2.05) is 0 Å². The van der Waals surface area contributed by atoms with Gasteiger partial charge in [0.05, 0.1) is 0 Å². The van der Waals surface area contributed by atoms with Gasteiger partial charge in [-0.15, -0.1) is 0 Å². The third kappa shape index (κ3) is 3.02. The van der Waals surface area contributed by atoms with E-state index in [2.05, 4.69) is 26.2 Å². The predicted octanol–water partition coefficient (Wildman–Crippen LogP) is 1.92. The van der Waals surface area contributed by atoms with Gasteiger partial charge in [-0.3, -0.25) is 9.59 Å². The van der Waals surface area contributed by atoms with Gasteiger partial charge in [-0.1, -0.05) is 22.4 Å². The lowest BCUT2D eigenvalue weighted by atomic mass is 9.98. The average molecular weight is 313 g/mol. The molecule has 2 atom stereocenters. The number of amides is 1. The molecule has 0 bridgehead atoms. The molecule has 0 saturated heterocycles. The molecule has 1 fully saturated rings. The van der Waals surface area contributed by atoms with Gasteiger partial charge in [-0.05, 0) is 24.7 Å². The number of rotatable bonds is 4. The van der Waals surface area contributed by atoms with E-state index in [4.69, 9.17) is 0 Å². The molecule has 4 nitrogen and oxygen atoms in total. The van der Waals surface area contributed by atoms with Crippen LogP contribution in [0.25, 0.3) is 0 Å². The molecule has 1 heterocycles. The Morgan fingerprint density at radius 3 is 2.94 bits per heavy atom. The molecule has 0 radical (unpaired) electrons. The van der Waals surface area contributed by atoms with Gasteiger partial charge in [0.15, 0.2) is 5.43 Å². The number of hydrogen-bond donors (Lipinski definition) is 2. The van der Waals surface area contributed by atoms with E-state index in [-0.39, 0.29) is 16.9 Å². The van der Waals surface area contributed by atoms with Crippen LogP contribution in [0.3, 0.4) is 0 Å². The summed E-state index contributed by atoms with van der Waals surface area (Å²) in [6.45, 7) is 0.656. The van der Waals surface area contributed by atoms with Crippen molar-refractivity contribution >= 4 is 21.8 Å². The summed E-state index contributed by atoms with van der Waals surface area (Å²) in [6.07, 6.45) is 6.58. The first-order valence-electron chi connectivity index (χ1n) is 6.23. The van der Waals surface area contributed by atoms with Crippen LogP contribution in [0, 0.1) is 11.8 Å². The number of H-pyrrole nitrogens is 1. The van der Waals surface area contributed by atoms with Crippen LogP contribution < -0.4 is 10.7 Å². The van der Waals surface area contributed by atoms with Crippen LogP contribution in [0.4, 0.5) is 0 Å². The second-order valence-corrected chi connectivity index (χ2v) is 5.39. The van der Waals surface area contributed by atoms with E-state index in [9.17, 15) is 9.59 Å². The van der Waals surface area contributed by atoms with E-state index in [1.165, 1.54) is 31.3 Å². The quantitative estimate of drug-likeness (QED) is 0.834. The monoisotopic (exact) mass is 312 g/mol. The zero-order valence-corrected chi connectivity index (χ0v) is 11.7. The highest BCUT2D eigenvalue weighted by Gasteiger charge is 2.26. The fraction of sp³-hybridized carbons (Fsp3) is 0.538. The molecule has 1 aliphatic rings. The summed E-state index contributed by atoms with van der Waals surface area (Å²) in [5.74, 6) is 0.882. The summed E-state index contributed by atoms with van der Waals surface area (Å²) >= 11 is 3.51. The largest absolute Gasteiger partial charge is 0.367 e. The first-order chi connectivity index (χ1) is 8.72. The lowest BCUT2D eigenvalue weighted by Gasteiger charge is -2.17. The van der Waals surface area contributed by atoms with Crippen molar-refractivity contribution in [2.24, 2.45) is 11.8 Å². The van der Waals surface area contributed by atoms with Crippen molar-refractivity contribution < 1.29 is 4.79 Å². The normalized spacial score (nSPS) is 22.9. The smallest absolute Gasteiger partial charge is 0.256 e. The Kier molecular flexibility index (Phi) is 4.58. The molecule has 1 saturated carbocycles. The van der Waals surface area contributed by atoms with Crippen LogP contribution in [0.5, 0.6) is 0 Å². The predicted molar refractivity (Wildman–Crippen MR) is 74.0 cm³/mol. The zero-order chi connectivity index (χ0) is 13.0. The summed E-state index contributed by atoms with van der Waals surface area (Å²) < 4.78 is 0. The van der Waals surface area contributed by atoms with Crippen molar-refractivity contribution in [2.75, 3.05) is 11.9 Å². The van der Waals surface area contributed by atoms with Crippen LogP contribution in [-0.4, -0.2) is 22.8 Å². The van der Waals surface area contributed by atoms with Crippen molar-refractivity contribution in [2.45, 2.75) is 19.3 Å². The SMILES string of the molecule is O=C(NCC1CCCC1CBr)c1c[nH]ccc1=O. The van der Waals surface area contributed by atoms with Crippen LogP contribution in [0.15, 0.2) is 23.3 Å². The van der Waals surface area contributed by atoms with Crippen LogP contribution in [-0.2, 0) is 0 Å². The zero-order valence-electron chi connectivity index (χ0n) is 10.1. The minimum Gasteiger partial charge on any atom is -0.367 e. The summed E-state index contributed by atoms with van der Waals surface area (Å²) in [5, 5.41) is 3.85. The average Bonchev–Trinajstić information content (AvgIpc) is 2.84. The molecule has 0 aromatic carbocycles.